The number of hydrogen-bond donors (Lipinski definition) is 0. The molecule has 0 nitrogen and oxygen atoms in total. The minimum Gasteiger partial charge on any atom is -0.0654 e. The zero-order chi connectivity index (χ0) is 18.5. The SMILES string of the molecule is CCCCCCCCCCCCC.c1ccc2c(c1)Cc1ccccc1-2. The lowest BCUT2D eigenvalue weighted by molar-refractivity contribution is 0.554. The second kappa shape index (κ2) is 12.7. The normalized spacial score (nSPS) is 11.5. The largest absolute Gasteiger partial charge is 0.0654 e. The fourth-order valence-corrected chi connectivity index (χ4v) is 3.82. The number of unbranched alkanes of at least 4 members (excludes halogenated alkanes) is 10. The summed E-state index contributed by atoms with van der Waals surface area (Å²) in [6.45, 7) is 4.56. The van der Waals surface area contributed by atoms with Gasteiger partial charge in [0.05, 0.1) is 0 Å². The van der Waals surface area contributed by atoms with Crippen molar-refractivity contribution in [3.63, 3.8) is 0 Å². The Morgan fingerprint density at radius 1 is 0.500 bits per heavy atom. The molecule has 0 heteroatoms. The van der Waals surface area contributed by atoms with Crippen LogP contribution in [0.5, 0.6) is 0 Å². The Morgan fingerprint density at radius 3 is 1.23 bits per heavy atom. The van der Waals surface area contributed by atoms with E-state index in [-0.39, 0.29) is 0 Å². The molecule has 0 N–H and O–H groups in total. The lowest BCUT2D eigenvalue weighted by Gasteiger charge is -2.00. The van der Waals surface area contributed by atoms with Gasteiger partial charge in [-0.25, -0.2) is 0 Å². The maximum absolute atomic E-state index is 2.28. The monoisotopic (exact) mass is 350 g/mol. The first-order valence-corrected chi connectivity index (χ1v) is 11.0. The third-order valence-electron chi connectivity index (χ3n) is 5.41. The van der Waals surface area contributed by atoms with Crippen molar-refractivity contribution in [3.8, 4) is 11.1 Å². The van der Waals surface area contributed by atoms with Crippen LogP contribution < -0.4 is 0 Å². The summed E-state index contributed by atoms with van der Waals surface area (Å²) in [6.07, 6.45) is 17.0. The van der Waals surface area contributed by atoms with Crippen LogP contribution >= 0.6 is 0 Å². The molecule has 0 fully saturated rings. The van der Waals surface area contributed by atoms with Crippen molar-refractivity contribution in [1.82, 2.24) is 0 Å². The maximum Gasteiger partial charge on any atom is -0.00135 e. The van der Waals surface area contributed by atoms with E-state index in [0.717, 1.165) is 6.42 Å². The van der Waals surface area contributed by atoms with Crippen molar-refractivity contribution in [2.45, 2.75) is 90.9 Å². The van der Waals surface area contributed by atoms with Gasteiger partial charge < -0.3 is 0 Å². The first-order valence-electron chi connectivity index (χ1n) is 11.0. The Morgan fingerprint density at radius 2 is 0.846 bits per heavy atom. The summed E-state index contributed by atoms with van der Waals surface area (Å²) in [5.74, 6) is 0. The average molecular weight is 351 g/mol. The molecular weight excluding hydrogens is 312 g/mol. The van der Waals surface area contributed by atoms with Crippen molar-refractivity contribution >= 4 is 0 Å². The molecule has 3 rings (SSSR count). The van der Waals surface area contributed by atoms with Crippen molar-refractivity contribution in [2.75, 3.05) is 0 Å². The quantitative estimate of drug-likeness (QED) is 0.321. The van der Waals surface area contributed by atoms with E-state index >= 15 is 0 Å². The van der Waals surface area contributed by atoms with Gasteiger partial charge in [0, 0.05) is 0 Å². The smallest absolute Gasteiger partial charge is 0.00135 e. The molecule has 0 unspecified atom stereocenters. The predicted octanol–water partition coefficient (Wildman–Crippen LogP) is 8.58. The van der Waals surface area contributed by atoms with Gasteiger partial charge in [-0.3, -0.25) is 0 Å². The van der Waals surface area contributed by atoms with Gasteiger partial charge in [0.25, 0.3) is 0 Å². The van der Waals surface area contributed by atoms with Gasteiger partial charge in [0.2, 0.25) is 0 Å². The van der Waals surface area contributed by atoms with Gasteiger partial charge in [-0.2, -0.15) is 0 Å². The molecule has 0 saturated heterocycles. The molecule has 0 bridgehead atoms. The van der Waals surface area contributed by atoms with Crippen molar-refractivity contribution < 1.29 is 0 Å². The van der Waals surface area contributed by atoms with Gasteiger partial charge in [0.1, 0.15) is 0 Å². The highest BCUT2D eigenvalue weighted by molar-refractivity contribution is 5.76. The van der Waals surface area contributed by atoms with Crippen molar-refractivity contribution in [3.05, 3.63) is 59.7 Å². The predicted molar refractivity (Wildman–Crippen MR) is 117 cm³/mol. The maximum atomic E-state index is 2.28. The standard InChI is InChI=1S/C13H10.C13H28/c1-3-7-12-10(5-1)9-11-6-2-4-8-13(11)12;1-3-5-7-9-11-13-12-10-8-6-4-2/h1-8H,9H2;3-13H2,1-2H3. The van der Waals surface area contributed by atoms with Crippen LogP contribution in [0.15, 0.2) is 48.5 Å². The molecule has 2 aromatic carbocycles. The molecule has 0 amide bonds. The molecule has 0 saturated carbocycles. The summed E-state index contributed by atoms with van der Waals surface area (Å²) in [7, 11) is 0. The Kier molecular flexibility index (Phi) is 10.2. The van der Waals surface area contributed by atoms with Crippen LogP contribution in [0.4, 0.5) is 0 Å². The van der Waals surface area contributed by atoms with Gasteiger partial charge in [-0.05, 0) is 28.7 Å². The van der Waals surface area contributed by atoms with Crippen LogP contribution in [0.1, 0.15) is 95.6 Å². The van der Waals surface area contributed by atoms with Gasteiger partial charge in [0.15, 0.2) is 0 Å². The molecule has 1 aliphatic carbocycles. The fraction of sp³-hybridized carbons (Fsp3) is 0.538. The highest BCUT2D eigenvalue weighted by atomic mass is 14.2. The van der Waals surface area contributed by atoms with Gasteiger partial charge >= 0.3 is 0 Å². The van der Waals surface area contributed by atoms with Gasteiger partial charge in [-0.15, -0.1) is 0 Å². The second-order valence-electron chi connectivity index (χ2n) is 7.67. The number of rotatable bonds is 10. The number of benzene rings is 2. The van der Waals surface area contributed by atoms with Crippen molar-refractivity contribution in [1.29, 1.82) is 0 Å². The molecule has 2 aromatic rings. The average Bonchev–Trinajstić information content (AvgIpc) is 3.06. The van der Waals surface area contributed by atoms with Gasteiger partial charge in [-0.1, -0.05) is 133 Å². The van der Waals surface area contributed by atoms with E-state index < -0.39 is 0 Å². The summed E-state index contributed by atoms with van der Waals surface area (Å²) < 4.78 is 0. The Labute approximate surface area is 162 Å². The zero-order valence-electron chi connectivity index (χ0n) is 17.1. The molecule has 0 aromatic heterocycles. The second-order valence-corrected chi connectivity index (χ2v) is 7.67. The van der Waals surface area contributed by atoms with E-state index in [2.05, 4.69) is 62.4 Å². The van der Waals surface area contributed by atoms with Crippen LogP contribution in [-0.2, 0) is 6.42 Å². The van der Waals surface area contributed by atoms with E-state index in [4.69, 9.17) is 0 Å². The van der Waals surface area contributed by atoms with E-state index in [1.165, 1.54) is 92.9 Å². The lowest BCUT2D eigenvalue weighted by Crippen LogP contribution is -1.80. The first-order chi connectivity index (χ1) is 12.9. The van der Waals surface area contributed by atoms with Crippen molar-refractivity contribution in [2.24, 2.45) is 0 Å². The molecule has 1 aliphatic rings. The Balaban J connectivity index is 0.000000187. The molecule has 0 atom stereocenters. The molecule has 0 spiro atoms. The Hall–Kier alpha value is -1.56. The zero-order valence-corrected chi connectivity index (χ0v) is 17.1. The molecule has 26 heavy (non-hydrogen) atoms. The van der Waals surface area contributed by atoms with Crippen LogP contribution in [0, 0.1) is 0 Å². The molecule has 0 aliphatic heterocycles. The van der Waals surface area contributed by atoms with E-state index in [9.17, 15) is 0 Å². The van der Waals surface area contributed by atoms with Crippen LogP contribution in [0.2, 0.25) is 0 Å². The molecule has 142 valence electrons. The summed E-state index contributed by atoms with van der Waals surface area (Å²) in [4.78, 5) is 0. The minimum absolute atomic E-state index is 1.10. The summed E-state index contributed by atoms with van der Waals surface area (Å²) in [5, 5.41) is 0. The fourth-order valence-electron chi connectivity index (χ4n) is 3.82. The first kappa shape index (κ1) is 20.7. The summed E-state index contributed by atoms with van der Waals surface area (Å²) >= 11 is 0. The highest BCUT2D eigenvalue weighted by Gasteiger charge is 2.15. The van der Waals surface area contributed by atoms with E-state index in [1.54, 1.807) is 0 Å². The number of hydrogen-bond acceptors (Lipinski definition) is 0. The van der Waals surface area contributed by atoms with Crippen LogP contribution in [0.25, 0.3) is 11.1 Å². The minimum atomic E-state index is 1.10. The van der Waals surface area contributed by atoms with Crippen LogP contribution in [-0.4, -0.2) is 0 Å². The third kappa shape index (κ3) is 6.98. The lowest BCUT2D eigenvalue weighted by atomic mass is 10.1. The molecule has 0 radical (unpaired) electrons. The van der Waals surface area contributed by atoms with Crippen LogP contribution in [0.3, 0.4) is 0 Å². The molecular formula is C26H38. The summed E-state index contributed by atoms with van der Waals surface area (Å²) in [5.41, 5.74) is 5.75. The summed E-state index contributed by atoms with van der Waals surface area (Å²) in [6, 6.07) is 17.3. The Bertz CT molecular complexity index is 557. The highest BCUT2D eigenvalue weighted by Crippen LogP contribution is 2.35. The van der Waals surface area contributed by atoms with E-state index in [0.29, 0.717) is 0 Å². The van der Waals surface area contributed by atoms with E-state index in [1.807, 2.05) is 0 Å². The molecule has 0 heterocycles. The third-order valence-corrected chi connectivity index (χ3v) is 5.41. The topological polar surface area (TPSA) is 0 Å². The number of fused-ring (bicyclic) bond motifs is 3.